The molecule has 0 aromatic carbocycles. The molecule has 0 aliphatic heterocycles. The quantitative estimate of drug-likeness (QED) is 0.264. The minimum Gasteiger partial charge on any atom is -0.299 e. The first-order valence-corrected chi connectivity index (χ1v) is 9.98. The van der Waals surface area contributed by atoms with E-state index in [4.69, 9.17) is 0 Å². The molecule has 0 aromatic heterocycles. The average Bonchev–Trinajstić information content (AvgIpc) is 2.54. The van der Waals surface area contributed by atoms with Crippen molar-refractivity contribution in [3.63, 3.8) is 0 Å². The Labute approximate surface area is 149 Å². The van der Waals surface area contributed by atoms with Crippen LogP contribution in [0.4, 0.5) is 0 Å². The van der Waals surface area contributed by atoms with Gasteiger partial charge in [0.25, 0.3) is 0 Å². The Morgan fingerprint density at radius 1 is 0.708 bits per heavy atom. The van der Waals surface area contributed by atoms with Crippen molar-refractivity contribution >= 4 is 17.8 Å². The highest BCUT2D eigenvalue weighted by Gasteiger charge is 2.06. The van der Waals surface area contributed by atoms with E-state index in [0.29, 0.717) is 11.6 Å². The lowest BCUT2D eigenvalue weighted by atomic mass is 10.0. The SMILES string of the molecule is CC(C)C(=O)CCCCCC/C=N/CCCCCCC(=O)C(C)C. The van der Waals surface area contributed by atoms with Crippen LogP contribution in [0, 0.1) is 11.8 Å². The van der Waals surface area contributed by atoms with Crippen molar-refractivity contribution in [2.24, 2.45) is 16.8 Å². The Morgan fingerprint density at radius 3 is 1.67 bits per heavy atom. The van der Waals surface area contributed by atoms with Gasteiger partial charge in [0.1, 0.15) is 11.6 Å². The normalized spacial score (nSPS) is 11.8. The molecular weight excluding hydrogens is 298 g/mol. The molecule has 24 heavy (non-hydrogen) atoms. The second kappa shape index (κ2) is 15.5. The van der Waals surface area contributed by atoms with Crippen LogP contribution in [0.3, 0.4) is 0 Å². The Hall–Kier alpha value is -0.990. The molecular formula is C21H39NO2. The van der Waals surface area contributed by atoms with E-state index in [1.54, 1.807) is 0 Å². The topological polar surface area (TPSA) is 46.5 Å². The summed E-state index contributed by atoms with van der Waals surface area (Å²) in [6.45, 7) is 8.82. The van der Waals surface area contributed by atoms with E-state index in [2.05, 4.69) is 11.2 Å². The van der Waals surface area contributed by atoms with Crippen molar-refractivity contribution in [1.29, 1.82) is 0 Å². The number of unbranched alkanes of at least 4 members (excludes halogenated alkanes) is 7. The molecule has 3 heteroatoms. The van der Waals surface area contributed by atoms with E-state index < -0.39 is 0 Å². The van der Waals surface area contributed by atoms with E-state index in [1.807, 2.05) is 27.7 Å². The van der Waals surface area contributed by atoms with Crippen LogP contribution < -0.4 is 0 Å². The Balaban J connectivity index is 3.27. The molecule has 0 unspecified atom stereocenters. The minimum absolute atomic E-state index is 0.185. The van der Waals surface area contributed by atoms with Crippen molar-refractivity contribution in [2.75, 3.05) is 6.54 Å². The highest BCUT2D eigenvalue weighted by molar-refractivity contribution is 5.80. The number of Topliss-reactive ketones (excluding diaryl/α,β-unsaturated/α-hetero) is 2. The predicted octanol–water partition coefficient (Wildman–Crippen LogP) is 5.80. The number of rotatable bonds is 16. The average molecular weight is 338 g/mol. The van der Waals surface area contributed by atoms with Gasteiger partial charge >= 0.3 is 0 Å². The summed E-state index contributed by atoms with van der Waals surface area (Å²) in [5.41, 5.74) is 0. The first-order chi connectivity index (χ1) is 11.4. The number of hydrogen-bond acceptors (Lipinski definition) is 3. The monoisotopic (exact) mass is 337 g/mol. The number of aliphatic imine (C=N–C) groups is 1. The first-order valence-electron chi connectivity index (χ1n) is 9.98. The molecule has 0 N–H and O–H groups in total. The summed E-state index contributed by atoms with van der Waals surface area (Å²) in [7, 11) is 0. The second-order valence-corrected chi connectivity index (χ2v) is 7.45. The van der Waals surface area contributed by atoms with Crippen LogP contribution in [-0.4, -0.2) is 24.3 Å². The summed E-state index contributed by atoms with van der Waals surface area (Å²) in [6, 6.07) is 0. The number of carbonyl (C=O) groups is 2. The van der Waals surface area contributed by atoms with Crippen LogP contribution in [0.1, 0.15) is 98.3 Å². The van der Waals surface area contributed by atoms with Crippen LogP contribution in [0.5, 0.6) is 0 Å². The molecule has 0 aliphatic rings. The smallest absolute Gasteiger partial charge is 0.135 e. The van der Waals surface area contributed by atoms with Gasteiger partial charge in [0.2, 0.25) is 0 Å². The summed E-state index contributed by atoms with van der Waals surface area (Å²) < 4.78 is 0. The standard InChI is InChI=1S/C21H39NO2/c1-18(2)20(23)14-10-6-5-8-12-16-22-17-13-9-7-11-15-21(24)19(3)4/h16,18-19H,5-15,17H2,1-4H3/b22-16+. The highest BCUT2D eigenvalue weighted by Crippen LogP contribution is 2.09. The fraction of sp³-hybridized carbons (Fsp3) is 0.857. The van der Waals surface area contributed by atoms with Crippen molar-refractivity contribution in [3.8, 4) is 0 Å². The molecule has 0 amide bonds. The molecule has 0 heterocycles. The molecule has 0 saturated heterocycles. The van der Waals surface area contributed by atoms with Crippen molar-refractivity contribution in [2.45, 2.75) is 98.3 Å². The number of hydrogen-bond donors (Lipinski definition) is 0. The molecule has 0 spiro atoms. The van der Waals surface area contributed by atoms with E-state index in [-0.39, 0.29) is 11.8 Å². The number of ketones is 2. The fourth-order valence-electron chi connectivity index (χ4n) is 2.50. The van der Waals surface area contributed by atoms with Crippen LogP contribution in [0.2, 0.25) is 0 Å². The molecule has 0 fully saturated rings. The van der Waals surface area contributed by atoms with Gasteiger partial charge in [0, 0.05) is 31.2 Å². The molecule has 0 saturated carbocycles. The van der Waals surface area contributed by atoms with E-state index in [9.17, 15) is 9.59 Å². The van der Waals surface area contributed by atoms with Crippen LogP contribution in [0.25, 0.3) is 0 Å². The molecule has 0 rings (SSSR count). The summed E-state index contributed by atoms with van der Waals surface area (Å²) in [5, 5.41) is 0. The molecule has 0 aromatic rings. The molecule has 0 radical (unpaired) electrons. The maximum absolute atomic E-state index is 11.5. The van der Waals surface area contributed by atoms with Gasteiger partial charge in [-0.3, -0.25) is 14.6 Å². The van der Waals surface area contributed by atoms with Gasteiger partial charge < -0.3 is 0 Å². The Morgan fingerprint density at radius 2 is 1.17 bits per heavy atom. The predicted molar refractivity (Wildman–Crippen MR) is 104 cm³/mol. The zero-order valence-corrected chi connectivity index (χ0v) is 16.5. The van der Waals surface area contributed by atoms with Crippen molar-refractivity contribution in [3.05, 3.63) is 0 Å². The van der Waals surface area contributed by atoms with Gasteiger partial charge in [-0.05, 0) is 38.3 Å². The third kappa shape index (κ3) is 14.6. The molecule has 0 bridgehead atoms. The largest absolute Gasteiger partial charge is 0.299 e. The van der Waals surface area contributed by atoms with Crippen molar-refractivity contribution in [1.82, 2.24) is 0 Å². The van der Waals surface area contributed by atoms with Crippen LogP contribution in [0.15, 0.2) is 4.99 Å². The van der Waals surface area contributed by atoms with Gasteiger partial charge in [-0.2, -0.15) is 0 Å². The van der Waals surface area contributed by atoms with E-state index >= 15 is 0 Å². The third-order valence-electron chi connectivity index (χ3n) is 4.38. The van der Waals surface area contributed by atoms with E-state index in [0.717, 1.165) is 57.9 Å². The van der Waals surface area contributed by atoms with E-state index in [1.165, 1.54) is 19.3 Å². The van der Waals surface area contributed by atoms with Gasteiger partial charge in [-0.1, -0.05) is 53.4 Å². The van der Waals surface area contributed by atoms with Gasteiger partial charge in [-0.25, -0.2) is 0 Å². The Bertz CT molecular complexity index is 325. The second-order valence-electron chi connectivity index (χ2n) is 7.45. The zero-order valence-electron chi connectivity index (χ0n) is 16.5. The maximum Gasteiger partial charge on any atom is 0.135 e. The lowest BCUT2D eigenvalue weighted by molar-refractivity contribution is -0.122. The highest BCUT2D eigenvalue weighted by atomic mass is 16.1. The molecule has 140 valence electrons. The third-order valence-corrected chi connectivity index (χ3v) is 4.38. The Kier molecular flexibility index (Phi) is 14.9. The van der Waals surface area contributed by atoms with Gasteiger partial charge in [0.15, 0.2) is 0 Å². The molecule has 0 aliphatic carbocycles. The summed E-state index contributed by atoms with van der Waals surface area (Å²) in [5.74, 6) is 1.16. The minimum atomic E-state index is 0.185. The number of nitrogens with zero attached hydrogens (tertiary/aromatic N) is 1. The maximum atomic E-state index is 11.5. The van der Waals surface area contributed by atoms with Crippen LogP contribution >= 0.6 is 0 Å². The summed E-state index contributed by atoms with van der Waals surface area (Å²) in [6.07, 6.45) is 13.6. The van der Waals surface area contributed by atoms with Crippen molar-refractivity contribution < 1.29 is 9.59 Å². The summed E-state index contributed by atoms with van der Waals surface area (Å²) >= 11 is 0. The number of carbonyl (C=O) groups excluding carboxylic acids is 2. The van der Waals surface area contributed by atoms with Gasteiger partial charge in [0.05, 0.1) is 0 Å². The summed E-state index contributed by atoms with van der Waals surface area (Å²) in [4.78, 5) is 27.4. The zero-order chi connectivity index (χ0) is 18.2. The first kappa shape index (κ1) is 23.0. The fourth-order valence-corrected chi connectivity index (χ4v) is 2.50. The lowest BCUT2D eigenvalue weighted by Crippen LogP contribution is -2.06. The van der Waals surface area contributed by atoms with Gasteiger partial charge in [-0.15, -0.1) is 0 Å². The lowest BCUT2D eigenvalue weighted by Gasteiger charge is -2.03. The molecule has 3 nitrogen and oxygen atoms in total. The molecule has 0 atom stereocenters. The van der Waals surface area contributed by atoms with Crippen LogP contribution in [-0.2, 0) is 9.59 Å².